The first-order chi connectivity index (χ1) is 17.6. The van der Waals surface area contributed by atoms with E-state index in [1.807, 2.05) is 30.3 Å². The van der Waals surface area contributed by atoms with Gasteiger partial charge >= 0.3 is 12.1 Å². The van der Waals surface area contributed by atoms with Gasteiger partial charge in [0.2, 0.25) is 11.9 Å². The number of imidazole rings is 1. The van der Waals surface area contributed by atoms with Crippen LogP contribution in [0.4, 0.5) is 10.7 Å². The van der Waals surface area contributed by atoms with Gasteiger partial charge in [0.15, 0.2) is 5.65 Å². The summed E-state index contributed by atoms with van der Waals surface area (Å²) in [6.07, 6.45) is 0.865. The van der Waals surface area contributed by atoms with Crippen LogP contribution in [0.15, 0.2) is 41.7 Å². The highest BCUT2D eigenvalue weighted by Gasteiger charge is 2.22. The van der Waals surface area contributed by atoms with Crippen molar-refractivity contribution in [3.63, 3.8) is 0 Å². The first-order valence-corrected chi connectivity index (χ1v) is 12.5. The van der Waals surface area contributed by atoms with Crippen LogP contribution in [0.5, 0.6) is 0 Å². The van der Waals surface area contributed by atoms with Crippen molar-refractivity contribution in [1.82, 2.24) is 29.7 Å². The molecule has 37 heavy (non-hydrogen) atoms. The van der Waals surface area contributed by atoms with Gasteiger partial charge in [-0.3, -0.25) is 9.59 Å². The molecule has 0 bridgehead atoms. The minimum atomic E-state index is -0.657. The van der Waals surface area contributed by atoms with Gasteiger partial charge in [0.1, 0.15) is 29.2 Å². The maximum atomic E-state index is 13.1. The van der Waals surface area contributed by atoms with Crippen LogP contribution in [0.1, 0.15) is 26.3 Å². The molecule has 13 heteroatoms. The van der Waals surface area contributed by atoms with Crippen LogP contribution in [0.25, 0.3) is 11.2 Å². The number of thioether (sulfide) groups is 1. The van der Waals surface area contributed by atoms with Crippen LogP contribution in [0, 0.1) is 0 Å². The number of fused-ring (bicyclic) bond motifs is 1. The van der Waals surface area contributed by atoms with Gasteiger partial charge in [-0.05, 0) is 26.3 Å². The van der Waals surface area contributed by atoms with Gasteiger partial charge in [-0.2, -0.15) is 4.98 Å². The molecule has 3 rings (SSSR count). The number of methoxy groups -OCH3 is 1. The monoisotopic (exact) mass is 529 g/mol. The van der Waals surface area contributed by atoms with Crippen molar-refractivity contribution in [2.45, 2.75) is 43.7 Å². The lowest BCUT2D eigenvalue weighted by atomic mass is 10.2. The summed E-state index contributed by atoms with van der Waals surface area (Å²) in [7, 11) is 1.24. The van der Waals surface area contributed by atoms with Gasteiger partial charge in [-0.15, -0.1) is 0 Å². The van der Waals surface area contributed by atoms with E-state index in [4.69, 9.17) is 15.2 Å². The van der Waals surface area contributed by atoms with E-state index >= 15 is 0 Å². The van der Waals surface area contributed by atoms with Gasteiger partial charge in [0.05, 0.1) is 13.4 Å². The number of rotatable bonds is 10. The number of benzene rings is 1. The van der Waals surface area contributed by atoms with Gasteiger partial charge < -0.3 is 30.0 Å². The zero-order valence-corrected chi connectivity index (χ0v) is 22.1. The molecule has 1 aromatic carbocycles. The van der Waals surface area contributed by atoms with Crippen molar-refractivity contribution >= 4 is 46.8 Å². The van der Waals surface area contributed by atoms with E-state index in [1.54, 1.807) is 25.3 Å². The Hall–Kier alpha value is -3.87. The second-order valence-corrected chi connectivity index (χ2v) is 9.99. The Labute approximate surface area is 218 Å². The molecule has 0 aliphatic rings. The van der Waals surface area contributed by atoms with Crippen molar-refractivity contribution < 1.29 is 23.9 Å². The number of esters is 1. The quantitative estimate of drug-likeness (QED) is 0.227. The number of anilines is 1. The predicted molar refractivity (Wildman–Crippen MR) is 139 cm³/mol. The summed E-state index contributed by atoms with van der Waals surface area (Å²) >= 11 is 1.47. The standard InChI is InChI=1S/C24H31N7O5S/c1-24(2,3)36-23(34)26-10-11-30(13-18(33)35-4)17(32)12-31-15-27-19-20(31)28-22(25)29-21(19)37-14-16-8-6-5-7-9-16/h5-9,15H,10-14H2,1-4H3,(H,26,34)(H2,25,28,29). The fraction of sp³-hybridized carbons (Fsp3) is 0.417. The summed E-state index contributed by atoms with van der Waals surface area (Å²) in [5.74, 6) is -0.265. The molecule has 0 aliphatic carbocycles. The molecule has 0 fully saturated rings. The number of amides is 2. The van der Waals surface area contributed by atoms with Crippen molar-refractivity contribution in [2.75, 3.05) is 32.5 Å². The molecule has 0 saturated carbocycles. The zero-order valence-electron chi connectivity index (χ0n) is 21.3. The molecule has 2 heterocycles. The average Bonchev–Trinajstić information content (AvgIpc) is 3.23. The molecular formula is C24H31N7O5S. The SMILES string of the molecule is COC(=O)CN(CCNC(=O)OC(C)(C)C)C(=O)Cn1cnc2c(SCc3ccccc3)nc(N)nc21. The predicted octanol–water partition coefficient (Wildman–Crippen LogP) is 2.23. The number of hydrogen-bond donors (Lipinski definition) is 2. The fourth-order valence-electron chi connectivity index (χ4n) is 3.24. The third kappa shape index (κ3) is 8.34. The molecule has 0 spiro atoms. The second-order valence-electron chi connectivity index (χ2n) is 9.03. The summed E-state index contributed by atoms with van der Waals surface area (Å²) in [6, 6.07) is 9.90. The van der Waals surface area contributed by atoms with Crippen molar-refractivity contribution in [3.8, 4) is 0 Å². The molecule has 0 unspecified atom stereocenters. The summed E-state index contributed by atoms with van der Waals surface area (Å²) < 4.78 is 11.5. The molecular weight excluding hydrogens is 498 g/mol. The highest BCUT2D eigenvalue weighted by molar-refractivity contribution is 7.98. The largest absolute Gasteiger partial charge is 0.468 e. The third-order valence-corrected chi connectivity index (χ3v) is 5.96. The van der Waals surface area contributed by atoms with Crippen molar-refractivity contribution in [2.24, 2.45) is 0 Å². The second kappa shape index (κ2) is 12.4. The maximum Gasteiger partial charge on any atom is 0.407 e. The lowest BCUT2D eigenvalue weighted by molar-refractivity contribution is -0.147. The number of aromatic nitrogens is 4. The van der Waals surface area contributed by atoms with Crippen LogP contribution in [-0.4, -0.2) is 74.7 Å². The summed E-state index contributed by atoms with van der Waals surface area (Å²) in [4.78, 5) is 51.3. The van der Waals surface area contributed by atoms with Gasteiger partial charge in [0.25, 0.3) is 0 Å². The molecule has 0 saturated heterocycles. The van der Waals surface area contributed by atoms with Crippen LogP contribution in [-0.2, 0) is 31.4 Å². The number of nitrogens with one attached hydrogen (secondary N) is 1. The minimum Gasteiger partial charge on any atom is -0.468 e. The van der Waals surface area contributed by atoms with Crippen LogP contribution in [0.2, 0.25) is 0 Å². The van der Waals surface area contributed by atoms with E-state index in [0.29, 0.717) is 21.9 Å². The average molecular weight is 530 g/mol. The molecule has 2 amide bonds. The van der Waals surface area contributed by atoms with E-state index in [9.17, 15) is 14.4 Å². The number of nitrogens with two attached hydrogens (primary N) is 1. The Morgan fingerprint density at radius 3 is 2.57 bits per heavy atom. The number of nitrogen functional groups attached to an aromatic ring is 1. The van der Waals surface area contributed by atoms with Crippen LogP contribution in [0.3, 0.4) is 0 Å². The Balaban J connectivity index is 1.72. The van der Waals surface area contributed by atoms with E-state index in [0.717, 1.165) is 5.56 Å². The molecule has 3 N–H and O–H groups in total. The topological polar surface area (TPSA) is 155 Å². The molecule has 0 atom stereocenters. The Bertz CT molecular complexity index is 1240. The summed E-state index contributed by atoms with van der Waals surface area (Å²) in [6.45, 7) is 4.95. The lowest BCUT2D eigenvalue weighted by Gasteiger charge is -2.23. The number of nitrogens with zero attached hydrogens (tertiary/aromatic N) is 5. The zero-order chi connectivity index (χ0) is 27.0. The van der Waals surface area contributed by atoms with Crippen LogP contribution >= 0.6 is 11.8 Å². The number of hydrogen-bond acceptors (Lipinski definition) is 10. The maximum absolute atomic E-state index is 13.1. The molecule has 0 radical (unpaired) electrons. The number of ether oxygens (including phenoxy) is 2. The first kappa shape index (κ1) is 27.7. The fourth-order valence-corrected chi connectivity index (χ4v) is 4.18. The van der Waals surface area contributed by atoms with E-state index in [1.165, 1.54) is 30.1 Å². The number of alkyl carbamates (subject to hydrolysis) is 1. The smallest absolute Gasteiger partial charge is 0.407 e. The van der Waals surface area contributed by atoms with Gasteiger partial charge in [-0.25, -0.2) is 14.8 Å². The van der Waals surface area contributed by atoms with Crippen molar-refractivity contribution in [1.29, 1.82) is 0 Å². The lowest BCUT2D eigenvalue weighted by Crippen LogP contribution is -2.43. The Morgan fingerprint density at radius 1 is 1.16 bits per heavy atom. The summed E-state index contributed by atoms with van der Waals surface area (Å²) in [5, 5.41) is 3.18. The van der Waals surface area contributed by atoms with Gasteiger partial charge in [0, 0.05) is 18.8 Å². The third-order valence-electron chi connectivity index (χ3n) is 4.92. The van der Waals surface area contributed by atoms with E-state index < -0.39 is 23.6 Å². The minimum absolute atomic E-state index is 0.0604. The number of carbonyl (C=O) groups excluding carboxylic acids is 3. The highest BCUT2D eigenvalue weighted by Crippen LogP contribution is 2.27. The molecule has 198 valence electrons. The Morgan fingerprint density at radius 2 is 1.89 bits per heavy atom. The Kier molecular flexibility index (Phi) is 9.28. The molecule has 12 nitrogen and oxygen atoms in total. The number of carbonyl (C=O) groups is 3. The summed E-state index contributed by atoms with van der Waals surface area (Å²) in [5.41, 5.74) is 7.33. The molecule has 2 aromatic heterocycles. The first-order valence-electron chi connectivity index (χ1n) is 11.5. The molecule has 3 aromatic rings. The van der Waals surface area contributed by atoms with Crippen molar-refractivity contribution in [3.05, 3.63) is 42.2 Å². The van der Waals surface area contributed by atoms with E-state index in [2.05, 4.69) is 20.3 Å². The van der Waals surface area contributed by atoms with E-state index in [-0.39, 0.29) is 32.1 Å². The highest BCUT2D eigenvalue weighted by atomic mass is 32.2. The molecule has 0 aliphatic heterocycles. The van der Waals surface area contributed by atoms with Crippen LogP contribution < -0.4 is 11.1 Å². The van der Waals surface area contributed by atoms with Gasteiger partial charge in [-0.1, -0.05) is 42.1 Å². The normalized spacial score (nSPS) is 11.2.